The molecule has 1 aromatic heterocycles. The quantitative estimate of drug-likeness (QED) is 0.548. The molecule has 2 atom stereocenters. The van der Waals surface area contributed by atoms with Crippen LogP contribution in [0, 0.1) is 0 Å². The first kappa shape index (κ1) is 12.7. The number of rotatable bonds is 4. The molecule has 0 saturated carbocycles. The van der Waals surface area contributed by atoms with Gasteiger partial charge in [-0.25, -0.2) is 9.78 Å². The highest BCUT2D eigenvalue weighted by Crippen LogP contribution is 2.25. The zero-order chi connectivity index (χ0) is 13.1. The van der Waals surface area contributed by atoms with Gasteiger partial charge in [0, 0.05) is 11.9 Å². The maximum absolute atomic E-state index is 11.0. The van der Waals surface area contributed by atoms with Crippen LogP contribution in [0.25, 0.3) is 0 Å². The first-order valence-electron chi connectivity index (χ1n) is 5.14. The van der Waals surface area contributed by atoms with E-state index in [1.807, 2.05) is 0 Å². The van der Waals surface area contributed by atoms with Crippen LogP contribution in [0.15, 0.2) is 40.9 Å². The SMILES string of the molecule is O=C1OC(C(O)CSc2ccccn2)C(O)=C1O. The molecular formula is C11H11NO5S. The number of thioether (sulfide) groups is 1. The van der Waals surface area contributed by atoms with Crippen molar-refractivity contribution in [2.45, 2.75) is 17.2 Å². The molecule has 0 aliphatic carbocycles. The molecule has 0 bridgehead atoms. The van der Waals surface area contributed by atoms with Crippen LogP contribution in [0.4, 0.5) is 0 Å². The Labute approximate surface area is 107 Å². The molecule has 18 heavy (non-hydrogen) atoms. The minimum Gasteiger partial charge on any atom is -0.505 e. The molecule has 2 rings (SSSR count). The number of carbonyl (C=O) groups is 1. The predicted molar refractivity (Wildman–Crippen MR) is 63.1 cm³/mol. The van der Waals surface area contributed by atoms with Gasteiger partial charge >= 0.3 is 5.97 Å². The van der Waals surface area contributed by atoms with Gasteiger partial charge in [0.1, 0.15) is 6.10 Å². The summed E-state index contributed by atoms with van der Waals surface area (Å²) >= 11 is 1.25. The number of cyclic esters (lactones) is 1. The van der Waals surface area contributed by atoms with Crippen LogP contribution < -0.4 is 0 Å². The number of aromatic nitrogens is 1. The highest BCUT2D eigenvalue weighted by molar-refractivity contribution is 7.99. The first-order valence-corrected chi connectivity index (χ1v) is 6.13. The molecule has 96 valence electrons. The largest absolute Gasteiger partial charge is 0.505 e. The number of carbonyl (C=O) groups excluding carboxylic acids is 1. The Bertz CT molecular complexity index is 476. The fourth-order valence-corrected chi connectivity index (χ4v) is 2.24. The van der Waals surface area contributed by atoms with E-state index in [-0.39, 0.29) is 5.75 Å². The van der Waals surface area contributed by atoms with Crippen LogP contribution in [0.1, 0.15) is 0 Å². The summed E-state index contributed by atoms with van der Waals surface area (Å²) in [5.41, 5.74) is 0. The van der Waals surface area contributed by atoms with Gasteiger partial charge in [0.15, 0.2) is 11.9 Å². The van der Waals surface area contributed by atoms with Crippen molar-refractivity contribution < 1.29 is 24.9 Å². The molecule has 6 nitrogen and oxygen atoms in total. The van der Waals surface area contributed by atoms with Crippen molar-refractivity contribution in [1.82, 2.24) is 4.98 Å². The number of pyridine rings is 1. The van der Waals surface area contributed by atoms with Gasteiger partial charge in [-0.15, -0.1) is 11.8 Å². The van der Waals surface area contributed by atoms with Crippen molar-refractivity contribution in [3.8, 4) is 0 Å². The second-order valence-corrected chi connectivity index (χ2v) is 4.65. The zero-order valence-corrected chi connectivity index (χ0v) is 10.0. The first-order chi connectivity index (χ1) is 8.59. The summed E-state index contributed by atoms with van der Waals surface area (Å²) in [5.74, 6) is -2.33. The van der Waals surface area contributed by atoms with Crippen LogP contribution in [0.3, 0.4) is 0 Å². The highest BCUT2D eigenvalue weighted by atomic mass is 32.2. The summed E-state index contributed by atoms with van der Waals surface area (Å²) < 4.78 is 4.64. The molecule has 1 aliphatic rings. The molecule has 0 aromatic carbocycles. The van der Waals surface area contributed by atoms with E-state index in [4.69, 9.17) is 5.11 Å². The van der Waals surface area contributed by atoms with E-state index in [0.29, 0.717) is 5.03 Å². The predicted octanol–water partition coefficient (Wildman–Crippen LogP) is 0.788. The smallest absolute Gasteiger partial charge is 0.377 e. The summed E-state index contributed by atoms with van der Waals surface area (Å²) in [4.78, 5) is 15.0. The van der Waals surface area contributed by atoms with Crippen molar-refractivity contribution in [2.75, 3.05) is 5.75 Å². The molecule has 0 saturated heterocycles. The van der Waals surface area contributed by atoms with Crippen LogP contribution in [0.5, 0.6) is 0 Å². The number of esters is 1. The van der Waals surface area contributed by atoms with E-state index in [9.17, 15) is 15.0 Å². The lowest BCUT2D eigenvalue weighted by molar-refractivity contribution is -0.146. The topological polar surface area (TPSA) is 99.9 Å². The second-order valence-electron chi connectivity index (χ2n) is 3.61. The molecular weight excluding hydrogens is 258 g/mol. The molecule has 1 aromatic rings. The third kappa shape index (κ3) is 2.57. The molecule has 0 fully saturated rings. The number of nitrogens with zero attached hydrogens (tertiary/aromatic N) is 1. The van der Waals surface area contributed by atoms with Gasteiger partial charge < -0.3 is 20.1 Å². The van der Waals surface area contributed by atoms with Gasteiger partial charge in [-0.05, 0) is 12.1 Å². The molecule has 3 N–H and O–H groups in total. The summed E-state index contributed by atoms with van der Waals surface area (Å²) in [6.07, 6.45) is -0.715. The Balaban J connectivity index is 1.94. The minimum absolute atomic E-state index is 0.173. The fraction of sp³-hybridized carbons (Fsp3) is 0.273. The Morgan fingerprint density at radius 3 is 2.78 bits per heavy atom. The van der Waals surface area contributed by atoms with Crippen LogP contribution in [0.2, 0.25) is 0 Å². The van der Waals surface area contributed by atoms with Crippen molar-refractivity contribution >= 4 is 17.7 Å². The maximum Gasteiger partial charge on any atom is 0.377 e. The van der Waals surface area contributed by atoms with E-state index in [0.717, 1.165) is 0 Å². The average Bonchev–Trinajstić information content (AvgIpc) is 2.65. The van der Waals surface area contributed by atoms with Gasteiger partial charge in [0.25, 0.3) is 0 Å². The molecule has 0 amide bonds. The summed E-state index contributed by atoms with van der Waals surface area (Å²) in [5, 5.41) is 29.0. The second kappa shape index (κ2) is 5.28. The Morgan fingerprint density at radius 2 is 2.22 bits per heavy atom. The lowest BCUT2D eigenvalue weighted by Crippen LogP contribution is -2.30. The average molecular weight is 269 g/mol. The monoisotopic (exact) mass is 269 g/mol. The summed E-state index contributed by atoms with van der Waals surface area (Å²) in [7, 11) is 0. The van der Waals surface area contributed by atoms with Crippen LogP contribution >= 0.6 is 11.8 Å². The molecule has 1 aliphatic heterocycles. The van der Waals surface area contributed by atoms with Gasteiger partial charge in [-0.1, -0.05) is 6.07 Å². The standard InChI is InChI=1S/C11H11NO5S/c13-6(5-18-7-3-1-2-4-12-7)10-8(14)9(15)11(16)17-10/h1-4,6,10,13-15H,5H2. The fourth-order valence-electron chi connectivity index (χ4n) is 1.42. The van der Waals surface area contributed by atoms with Gasteiger partial charge in [-0.3, -0.25) is 0 Å². The number of hydrogen-bond acceptors (Lipinski definition) is 7. The Kier molecular flexibility index (Phi) is 3.73. The summed E-state index contributed by atoms with van der Waals surface area (Å²) in [6, 6.07) is 5.34. The highest BCUT2D eigenvalue weighted by Gasteiger charge is 2.39. The molecule has 2 unspecified atom stereocenters. The van der Waals surface area contributed by atoms with E-state index >= 15 is 0 Å². The third-order valence-electron chi connectivity index (χ3n) is 2.33. The molecule has 2 heterocycles. The molecule has 7 heteroatoms. The van der Waals surface area contributed by atoms with Crippen molar-refractivity contribution in [3.63, 3.8) is 0 Å². The number of hydrogen-bond donors (Lipinski definition) is 3. The van der Waals surface area contributed by atoms with Crippen LogP contribution in [-0.2, 0) is 9.53 Å². The number of aliphatic hydroxyl groups is 3. The van der Waals surface area contributed by atoms with Gasteiger partial charge in [0.2, 0.25) is 5.76 Å². The van der Waals surface area contributed by atoms with Gasteiger partial charge in [0.05, 0.1) is 5.03 Å². The van der Waals surface area contributed by atoms with Gasteiger partial charge in [-0.2, -0.15) is 0 Å². The lowest BCUT2D eigenvalue weighted by atomic mass is 10.2. The van der Waals surface area contributed by atoms with E-state index in [1.54, 1.807) is 24.4 Å². The number of aliphatic hydroxyl groups excluding tert-OH is 3. The van der Waals surface area contributed by atoms with Crippen molar-refractivity contribution in [2.24, 2.45) is 0 Å². The Morgan fingerprint density at radius 1 is 1.44 bits per heavy atom. The van der Waals surface area contributed by atoms with E-state index in [1.165, 1.54) is 11.8 Å². The van der Waals surface area contributed by atoms with Crippen molar-refractivity contribution in [1.29, 1.82) is 0 Å². The zero-order valence-electron chi connectivity index (χ0n) is 9.18. The number of ether oxygens (including phenoxy) is 1. The third-order valence-corrected chi connectivity index (χ3v) is 3.37. The Hall–Kier alpha value is -1.73. The summed E-state index contributed by atoms with van der Waals surface area (Å²) in [6.45, 7) is 0. The lowest BCUT2D eigenvalue weighted by Gasteiger charge is -2.16. The van der Waals surface area contributed by atoms with Crippen LogP contribution in [-0.4, -0.2) is 44.2 Å². The normalized spacial score (nSPS) is 20.9. The molecule has 0 spiro atoms. The van der Waals surface area contributed by atoms with E-state index in [2.05, 4.69) is 9.72 Å². The van der Waals surface area contributed by atoms with Crippen molar-refractivity contribution in [3.05, 3.63) is 35.9 Å². The van der Waals surface area contributed by atoms with E-state index < -0.39 is 29.7 Å². The maximum atomic E-state index is 11.0. The molecule has 0 radical (unpaired) electrons. The minimum atomic E-state index is -1.21.